The van der Waals surface area contributed by atoms with Gasteiger partial charge in [0.2, 0.25) is 0 Å². The second kappa shape index (κ2) is 11.6. The van der Waals surface area contributed by atoms with Crippen LogP contribution in [0.3, 0.4) is 0 Å². The molecule has 0 saturated heterocycles. The SMILES string of the molecule is CCC(=CCNCCOCCOC)C(=O)OC. The number of hydrogen-bond acceptors (Lipinski definition) is 5. The lowest BCUT2D eigenvalue weighted by molar-refractivity contribution is -0.136. The molecule has 0 aromatic carbocycles. The molecule has 0 aliphatic heterocycles. The first kappa shape index (κ1) is 16.1. The summed E-state index contributed by atoms with van der Waals surface area (Å²) in [6.07, 6.45) is 2.53. The molecule has 0 unspecified atom stereocenters. The Morgan fingerprint density at radius 2 is 2.00 bits per heavy atom. The van der Waals surface area contributed by atoms with Crippen LogP contribution < -0.4 is 5.32 Å². The lowest BCUT2D eigenvalue weighted by Crippen LogP contribution is -2.21. The van der Waals surface area contributed by atoms with Crippen molar-refractivity contribution in [2.45, 2.75) is 13.3 Å². The van der Waals surface area contributed by atoms with Crippen molar-refractivity contribution in [3.05, 3.63) is 11.6 Å². The highest BCUT2D eigenvalue weighted by molar-refractivity contribution is 5.88. The molecule has 5 nitrogen and oxygen atoms in total. The molecule has 0 fully saturated rings. The average Bonchev–Trinajstić information content (AvgIpc) is 2.36. The molecule has 0 atom stereocenters. The molecule has 0 aromatic heterocycles. The molecule has 0 rings (SSSR count). The molecule has 0 spiro atoms. The second-order valence-corrected chi connectivity index (χ2v) is 3.38. The number of carbonyl (C=O) groups excluding carboxylic acids is 1. The molecule has 0 aliphatic rings. The lowest BCUT2D eigenvalue weighted by Gasteiger charge is -2.05. The van der Waals surface area contributed by atoms with E-state index in [1.165, 1.54) is 7.11 Å². The van der Waals surface area contributed by atoms with E-state index in [0.29, 0.717) is 38.4 Å². The third kappa shape index (κ3) is 8.85. The van der Waals surface area contributed by atoms with E-state index in [-0.39, 0.29) is 5.97 Å². The summed E-state index contributed by atoms with van der Waals surface area (Å²) in [5, 5.41) is 3.16. The second-order valence-electron chi connectivity index (χ2n) is 3.38. The maximum Gasteiger partial charge on any atom is 0.333 e. The molecule has 100 valence electrons. The van der Waals surface area contributed by atoms with Crippen LogP contribution in [0, 0.1) is 0 Å². The van der Waals surface area contributed by atoms with Crippen LogP contribution in [0.4, 0.5) is 0 Å². The minimum Gasteiger partial charge on any atom is -0.466 e. The third-order valence-electron chi connectivity index (χ3n) is 2.18. The third-order valence-corrected chi connectivity index (χ3v) is 2.18. The number of rotatable bonds is 10. The van der Waals surface area contributed by atoms with Gasteiger partial charge in [0.05, 0.1) is 26.9 Å². The van der Waals surface area contributed by atoms with Gasteiger partial charge in [-0.05, 0) is 6.42 Å². The summed E-state index contributed by atoms with van der Waals surface area (Å²) >= 11 is 0. The summed E-state index contributed by atoms with van der Waals surface area (Å²) in [6.45, 7) is 5.18. The fourth-order valence-electron chi connectivity index (χ4n) is 1.19. The van der Waals surface area contributed by atoms with Crippen molar-refractivity contribution in [2.24, 2.45) is 0 Å². The van der Waals surface area contributed by atoms with Crippen LogP contribution in [0.5, 0.6) is 0 Å². The van der Waals surface area contributed by atoms with Gasteiger partial charge in [0.1, 0.15) is 0 Å². The Kier molecular flexibility index (Phi) is 11.0. The molecular weight excluding hydrogens is 222 g/mol. The predicted octanol–water partition coefficient (Wildman–Crippen LogP) is 0.748. The Morgan fingerprint density at radius 1 is 1.24 bits per heavy atom. The van der Waals surface area contributed by atoms with Crippen LogP contribution in [0.25, 0.3) is 0 Å². The van der Waals surface area contributed by atoms with Crippen LogP contribution >= 0.6 is 0 Å². The monoisotopic (exact) mass is 245 g/mol. The molecule has 0 heterocycles. The van der Waals surface area contributed by atoms with Crippen LogP contribution in [-0.2, 0) is 19.0 Å². The zero-order valence-electron chi connectivity index (χ0n) is 11.0. The van der Waals surface area contributed by atoms with Gasteiger partial charge in [0, 0.05) is 25.8 Å². The minimum atomic E-state index is -0.259. The Labute approximate surface area is 103 Å². The Morgan fingerprint density at radius 3 is 2.59 bits per heavy atom. The summed E-state index contributed by atoms with van der Waals surface area (Å²) < 4.78 is 14.8. The molecule has 0 bridgehead atoms. The van der Waals surface area contributed by atoms with Crippen molar-refractivity contribution in [1.29, 1.82) is 0 Å². The van der Waals surface area contributed by atoms with Gasteiger partial charge in [0.25, 0.3) is 0 Å². The molecule has 0 amide bonds. The lowest BCUT2D eigenvalue weighted by atomic mass is 10.2. The van der Waals surface area contributed by atoms with E-state index in [9.17, 15) is 4.79 Å². The van der Waals surface area contributed by atoms with Gasteiger partial charge in [-0.3, -0.25) is 0 Å². The van der Waals surface area contributed by atoms with Crippen LogP contribution in [0.1, 0.15) is 13.3 Å². The molecule has 0 radical (unpaired) electrons. The van der Waals surface area contributed by atoms with E-state index < -0.39 is 0 Å². The van der Waals surface area contributed by atoms with E-state index >= 15 is 0 Å². The van der Waals surface area contributed by atoms with Crippen molar-refractivity contribution in [1.82, 2.24) is 5.32 Å². The summed E-state index contributed by atoms with van der Waals surface area (Å²) in [6, 6.07) is 0. The normalized spacial score (nSPS) is 11.6. The quantitative estimate of drug-likeness (QED) is 0.350. The first-order valence-corrected chi connectivity index (χ1v) is 5.81. The molecular formula is C12H23NO4. The van der Waals surface area contributed by atoms with Crippen molar-refractivity contribution in [3.63, 3.8) is 0 Å². The zero-order chi connectivity index (χ0) is 12.9. The summed E-state index contributed by atoms with van der Waals surface area (Å²) in [5.41, 5.74) is 0.695. The van der Waals surface area contributed by atoms with Gasteiger partial charge >= 0.3 is 5.97 Å². The topological polar surface area (TPSA) is 56.8 Å². The summed E-state index contributed by atoms with van der Waals surface area (Å²) in [4.78, 5) is 11.2. The van der Waals surface area contributed by atoms with Crippen molar-refractivity contribution in [2.75, 3.05) is 47.1 Å². The minimum absolute atomic E-state index is 0.259. The average molecular weight is 245 g/mol. The largest absolute Gasteiger partial charge is 0.466 e. The molecule has 0 aromatic rings. The van der Waals surface area contributed by atoms with Crippen molar-refractivity contribution in [3.8, 4) is 0 Å². The first-order chi connectivity index (χ1) is 8.26. The van der Waals surface area contributed by atoms with Gasteiger partial charge in [-0.15, -0.1) is 0 Å². The Bertz CT molecular complexity index is 229. The number of esters is 1. The molecule has 5 heteroatoms. The van der Waals surface area contributed by atoms with Gasteiger partial charge in [-0.25, -0.2) is 4.79 Å². The van der Waals surface area contributed by atoms with Crippen molar-refractivity contribution >= 4 is 5.97 Å². The highest BCUT2D eigenvalue weighted by atomic mass is 16.5. The van der Waals surface area contributed by atoms with E-state index in [0.717, 1.165) is 6.54 Å². The standard InChI is InChI=1S/C12H23NO4/c1-4-11(12(14)16-3)5-6-13-7-8-17-10-9-15-2/h5,13H,4,6-10H2,1-3H3. The van der Waals surface area contributed by atoms with Crippen molar-refractivity contribution < 1.29 is 19.0 Å². The fourth-order valence-corrected chi connectivity index (χ4v) is 1.19. The summed E-state index contributed by atoms with van der Waals surface area (Å²) in [7, 11) is 3.04. The van der Waals surface area contributed by atoms with E-state index in [4.69, 9.17) is 9.47 Å². The van der Waals surface area contributed by atoms with Crippen LogP contribution in [0.2, 0.25) is 0 Å². The Hall–Kier alpha value is -0.910. The van der Waals surface area contributed by atoms with Gasteiger partial charge < -0.3 is 19.5 Å². The fraction of sp³-hybridized carbons (Fsp3) is 0.750. The molecule has 1 N–H and O–H groups in total. The number of hydrogen-bond donors (Lipinski definition) is 1. The van der Waals surface area contributed by atoms with Gasteiger partial charge in [-0.2, -0.15) is 0 Å². The molecule has 17 heavy (non-hydrogen) atoms. The molecule has 0 aliphatic carbocycles. The van der Waals surface area contributed by atoms with Crippen LogP contribution in [0.15, 0.2) is 11.6 Å². The maximum atomic E-state index is 11.2. The summed E-state index contributed by atoms with van der Waals surface area (Å²) in [5.74, 6) is -0.259. The number of nitrogens with one attached hydrogen (secondary N) is 1. The zero-order valence-corrected chi connectivity index (χ0v) is 11.0. The number of carbonyl (C=O) groups is 1. The van der Waals surface area contributed by atoms with Gasteiger partial charge in [-0.1, -0.05) is 13.0 Å². The van der Waals surface area contributed by atoms with E-state index in [2.05, 4.69) is 10.1 Å². The highest BCUT2D eigenvalue weighted by Gasteiger charge is 2.05. The maximum absolute atomic E-state index is 11.2. The van der Waals surface area contributed by atoms with Crippen LogP contribution in [-0.4, -0.2) is 53.1 Å². The van der Waals surface area contributed by atoms with E-state index in [1.54, 1.807) is 7.11 Å². The number of methoxy groups -OCH3 is 2. The molecule has 0 saturated carbocycles. The predicted molar refractivity (Wildman–Crippen MR) is 66.0 cm³/mol. The first-order valence-electron chi connectivity index (χ1n) is 5.81. The smallest absolute Gasteiger partial charge is 0.333 e. The van der Waals surface area contributed by atoms with Gasteiger partial charge in [0.15, 0.2) is 0 Å². The highest BCUT2D eigenvalue weighted by Crippen LogP contribution is 2.01. The Balaban J connectivity index is 3.53. The van der Waals surface area contributed by atoms with E-state index in [1.807, 2.05) is 13.0 Å². The number of ether oxygens (including phenoxy) is 3.